The molecule has 1 rings (SSSR count). The number of carbonyl (C=O) groups is 3. The van der Waals surface area contributed by atoms with E-state index in [1.807, 2.05) is 0 Å². The molecule has 0 aliphatic rings. The molecule has 0 amide bonds. The minimum atomic E-state index is -1.48. The van der Waals surface area contributed by atoms with Gasteiger partial charge >= 0.3 is 17.9 Å². The largest absolute Gasteiger partial charge is 0.478 e. The molecule has 0 spiro atoms. The van der Waals surface area contributed by atoms with E-state index >= 15 is 0 Å². The van der Waals surface area contributed by atoms with Gasteiger partial charge in [0, 0.05) is 21.7 Å². The van der Waals surface area contributed by atoms with Gasteiger partial charge in [-0.25, -0.2) is 14.4 Å². The Morgan fingerprint density at radius 2 is 1.29 bits per heavy atom. The predicted molar refractivity (Wildman–Crippen MR) is 50.9 cm³/mol. The van der Waals surface area contributed by atoms with Gasteiger partial charge in [-0.3, -0.25) is 0 Å². The van der Waals surface area contributed by atoms with Gasteiger partial charge in [-0.15, -0.1) is 0 Å². The van der Waals surface area contributed by atoms with Crippen LogP contribution in [0, 0.1) is 0 Å². The molecule has 0 unspecified atom stereocenters. The molecule has 0 aliphatic carbocycles. The van der Waals surface area contributed by atoms with E-state index in [2.05, 4.69) is 0 Å². The molecule has 0 saturated heterocycles. The van der Waals surface area contributed by atoms with E-state index in [1.54, 1.807) is 0 Å². The number of hydrogen-bond acceptors (Lipinski definition) is 3. The third kappa shape index (κ3) is 3.99. The first-order valence-electron chi connectivity index (χ1n) is 3.77. The fourth-order valence-electron chi connectivity index (χ4n) is 1.04. The Morgan fingerprint density at radius 1 is 0.824 bits per heavy atom. The minimum Gasteiger partial charge on any atom is -0.478 e. The molecular weight excluding hydrogens is 268 g/mol. The van der Waals surface area contributed by atoms with Gasteiger partial charge < -0.3 is 20.8 Å². The maximum absolute atomic E-state index is 10.6. The molecule has 1 aromatic rings. The van der Waals surface area contributed by atoms with Crippen LogP contribution in [0.15, 0.2) is 18.2 Å². The second-order valence-corrected chi connectivity index (χ2v) is 2.68. The maximum atomic E-state index is 10.6. The van der Waals surface area contributed by atoms with Crippen LogP contribution in [0.1, 0.15) is 31.1 Å². The molecule has 0 fully saturated rings. The summed E-state index contributed by atoms with van der Waals surface area (Å²) in [5.74, 6) is -4.20. The van der Waals surface area contributed by atoms with Crippen molar-refractivity contribution in [2.24, 2.45) is 0 Å². The molecule has 0 radical (unpaired) electrons. The summed E-state index contributed by atoms with van der Waals surface area (Å²) in [7, 11) is 0. The Bertz CT molecular complexity index is 455. The molecular formula is C9H8O7Ti. The summed E-state index contributed by atoms with van der Waals surface area (Å²) in [5, 5.41) is 25.9. The van der Waals surface area contributed by atoms with Crippen molar-refractivity contribution in [3.63, 3.8) is 0 Å². The Kier molecular flexibility index (Phi) is 7.07. The van der Waals surface area contributed by atoms with E-state index in [9.17, 15) is 14.4 Å². The monoisotopic (exact) mass is 276 g/mol. The number of carboxylic acid groups (broad SMARTS) is 3. The van der Waals surface area contributed by atoms with Crippen molar-refractivity contribution in [2.75, 3.05) is 0 Å². The molecule has 0 heterocycles. The predicted octanol–water partition coefficient (Wildman–Crippen LogP) is -0.0460. The summed E-state index contributed by atoms with van der Waals surface area (Å²) >= 11 is 0. The summed E-state index contributed by atoms with van der Waals surface area (Å²) in [6.07, 6.45) is 0. The van der Waals surface area contributed by atoms with Crippen LogP contribution in [-0.2, 0) is 21.7 Å². The average molecular weight is 276 g/mol. The van der Waals surface area contributed by atoms with Crippen molar-refractivity contribution >= 4 is 17.9 Å². The van der Waals surface area contributed by atoms with E-state index in [0.717, 1.165) is 18.2 Å². The van der Waals surface area contributed by atoms with Gasteiger partial charge in [-0.05, 0) is 18.2 Å². The Labute approximate surface area is 110 Å². The van der Waals surface area contributed by atoms with Gasteiger partial charge in [-0.2, -0.15) is 0 Å². The Balaban J connectivity index is 0. The second kappa shape index (κ2) is 6.79. The number of benzene rings is 1. The minimum absolute atomic E-state index is 0. The zero-order valence-electron chi connectivity index (χ0n) is 8.30. The van der Waals surface area contributed by atoms with Crippen LogP contribution in [-0.4, -0.2) is 38.7 Å². The molecule has 0 atom stereocenters. The molecule has 17 heavy (non-hydrogen) atoms. The van der Waals surface area contributed by atoms with Crippen LogP contribution in [0.4, 0.5) is 0 Å². The number of aromatic carboxylic acids is 3. The van der Waals surface area contributed by atoms with E-state index < -0.39 is 29.0 Å². The van der Waals surface area contributed by atoms with Gasteiger partial charge in [0.05, 0.1) is 16.7 Å². The van der Waals surface area contributed by atoms with Crippen LogP contribution in [0.25, 0.3) is 0 Å². The van der Waals surface area contributed by atoms with Crippen molar-refractivity contribution in [1.82, 2.24) is 0 Å². The topological polar surface area (TPSA) is 143 Å². The number of hydrogen-bond donors (Lipinski definition) is 3. The molecule has 5 N–H and O–H groups in total. The summed E-state index contributed by atoms with van der Waals surface area (Å²) in [6, 6.07) is 2.81. The summed E-state index contributed by atoms with van der Waals surface area (Å²) in [4.78, 5) is 31.8. The van der Waals surface area contributed by atoms with Gasteiger partial charge in [-0.1, -0.05) is 0 Å². The summed E-state index contributed by atoms with van der Waals surface area (Å²) in [6.45, 7) is 0. The van der Waals surface area contributed by atoms with Crippen LogP contribution in [0.3, 0.4) is 0 Å². The van der Waals surface area contributed by atoms with Crippen LogP contribution in [0.2, 0.25) is 0 Å². The first kappa shape index (κ1) is 17.7. The van der Waals surface area contributed by atoms with E-state index in [4.69, 9.17) is 15.3 Å². The van der Waals surface area contributed by atoms with Gasteiger partial charge in [0.25, 0.3) is 0 Å². The molecule has 0 aromatic heterocycles. The number of carboxylic acids is 3. The quantitative estimate of drug-likeness (QED) is 0.660. The van der Waals surface area contributed by atoms with Crippen molar-refractivity contribution in [1.29, 1.82) is 0 Å². The molecule has 0 saturated carbocycles. The fraction of sp³-hybridized carbons (Fsp3) is 0. The van der Waals surface area contributed by atoms with Crippen LogP contribution >= 0.6 is 0 Å². The van der Waals surface area contributed by atoms with Gasteiger partial charge in [0.1, 0.15) is 0 Å². The van der Waals surface area contributed by atoms with Gasteiger partial charge in [0.15, 0.2) is 0 Å². The second-order valence-electron chi connectivity index (χ2n) is 2.68. The summed E-state index contributed by atoms with van der Waals surface area (Å²) in [5.41, 5.74) is -1.24. The van der Waals surface area contributed by atoms with Crippen LogP contribution in [0.5, 0.6) is 0 Å². The average Bonchev–Trinajstić information content (AvgIpc) is 2.16. The Hall–Kier alpha value is -1.70. The van der Waals surface area contributed by atoms with Crippen molar-refractivity contribution in [3.05, 3.63) is 34.9 Å². The van der Waals surface area contributed by atoms with Crippen molar-refractivity contribution in [3.8, 4) is 0 Å². The first-order chi connectivity index (χ1) is 6.93. The summed E-state index contributed by atoms with van der Waals surface area (Å²) < 4.78 is 0. The van der Waals surface area contributed by atoms with Gasteiger partial charge in [0.2, 0.25) is 0 Å². The molecule has 1 aromatic carbocycles. The third-order valence-corrected chi connectivity index (χ3v) is 1.73. The Morgan fingerprint density at radius 3 is 1.65 bits per heavy atom. The van der Waals surface area contributed by atoms with Crippen molar-refractivity contribution < 1.29 is 56.9 Å². The van der Waals surface area contributed by atoms with Crippen LogP contribution < -0.4 is 0 Å². The molecule has 7 nitrogen and oxygen atoms in total. The molecule has 90 valence electrons. The maximum Gasteiger partial charge on any atom is 0.336 e. The molecule has 8 heteroatoms. The smallest absolute Gasteiger partial charge is 0.336 e. The fourth-order valence-corrected chi connectivity index (χ4v) is 1.04. The SMILES string of the molecule is O.O=C(O)c1ccc(C(=O)O)c(C(=O)O)c1.[Ti]. The first-order valence-corrected chi connectivity index (χ1v) is 3.77. The third-order valence-electron chi connectivity index (χ3n) is 1.73. The van der Waals surface area contributed by atoms with Crippen molar-refractivity contribution in [2.45, 2.75) is 0 Å². The van der Waals surface area contributed by atoms with E-state index in [1.165, 1.54) is 0 Å². The normalized spacial score (nSPS) is 8.47. The standard InChI is InChI=1S/C9H6O6.H2O.Ti/c10-7(11)4-1-2-5(8(12)13)6(3-4)9(14)15;;/h1-3H,(H,10,11)(H,12,13)(H,14,15);1H2;. The zero-order chi connectivity index (χ0) is 11.6. The number of rotatable bonds is 3. The molecule has 0 bridgehead atoms. The van der Waals surface area contributed by atoms with E-state index in [0.29, 0.717) is 0 Å². The zero-order valence-corrected chi connectivity index (χ0v) is 9.86. The van der Waals surface area contributed by atoms with E-state index in [-0.39, 0.29) is 32.8 Å². The molecule has 0 aliphatic heterocycles.